The summed E-state index contributed by atoms with van der Waals surface area (Å²) in [6, 6.07) is 3.81. The number of nitrogens with zero attached hydrogens (tertiary/aromatic N) is 5. The summed E-state index contributed by atoms with van der Waals surface area (Å²) in [6.45, 7) is 7.58. The summed E-state index contributed by atoms with van der Waals surface area (Å²) in [5, 5.41) is 10.9. The number of carbonyl (C=O) groups excluding carboxylic acids is 2. The van der Waals surface area contributed by atoms with Gasteiger partial charge in [0.05, 0.1) is 4.88 Å². The van der Waals surface area contributed by atoms with Gasteiger partial charge in [-0.15, -0.1) is 21.5 Å². The van der Waals surface area contributed by atoms with Crippen molar-refractivity contribution in [3.8, 4) is 0 Å². The van der Waals surface area contributed by atoms with E-state index >= 15 is 0 Å². The third-order valence-corrected chi connectivity index (χ3v) is 6.60. The second kappa shape index (κ2) is 8.03. The Labute approximate surface area is 169 Å². The van der Waals surface area contributed by atoms with E-state index in [4.69, 9.17) is 0 Å². The standard InChI is InChI=1S/C20H27N5O2S/c1-14(2)19(26)24-10-7-17-21-22-18(25(17)12-11-24)15-5-8-23(9-6-15)20(27)16-4-3-13-28-16/h3-4,13-15H,5-12H2,1-2H3. The number of piperidine rings is 1. The highest BCUT2D eigenvalue weighted by molar-refractivity contribution is 7.12. The number of aromatic nitrogens is 3. The first-order valence-electron chi connectivity index (χ1n) is 10.1. The van der Waals surface area contributed by atoms with E-state index in [2.05, 4.69) is 14.8 Å². The second-order valence-corrected chi connectivity index (χ2v) is 8.85. The maximum Gasteiger partial charge on any atom is 0.263 e. The minimum absolute atomic E-state index is 0.0215. The molecule has 0 aliphatic carbocycles. The van der Waals surface area contributed by atoms with Crippen LogP contribution in [0.2, 0.25) is 0 Å². The van der Waals surface area contributed by atoms with E-state index in [-0.39, 0.29) is 17.7 Å². The molecule has 2 aromatic heterocycles. The molecule has 2 aliphatic heterocycles. The number of amides is 2. The molecular formula is C20H27N5O2S. The summed E-state index contributed by atoms with van der Waals surface area (Å²) in [6.07, 6.45) is 2.56. The molecule has 0 radical (unpaired) electrons. The van der Waals surface area contributed by atoms with Gasteiger partial charge in [0.25, 0.3) is 5.91 Å². The van der Waals surface area contributed by atoms with Crippen molar-refractivity contribution in [3.63, 3.8) is 0 Å². The van der Waals surface area contributed by atoms with Crippen molar-refractivity contribution in [3.05, 3.63) is 34.0 Å². The smallest absolute Gasteiger partial charge is 0.263 e. The van der Waals surface area contributed by atoms with Gasteiger partial charge in [-0.25, -0.2) is 0 Å². The van der Waals surface area contributed by atoms with Crippen LogP contribution in [0.5, 0.6) is 0 Å². The van der Waals surface area contributed by atoms with Gasteiger partial charge in [-0.3, -0.25) is 9.59 Å². The van der Waals surface area contributed by atoms with Gasteiger partial charge in [0.1, 0.15) is 11.6 Å². The third kappa shape index (κ3) is 3.70. The zero-order valence-electron chi connectivity index (χ0n) is 16.5. The summed E-state index contributed by atoms with van der Waals surface area (Å²) in [7, 11) is 0. The van der Waals surface area contributed by atoms with E-state index < -0.39 is 0 Å². The van der Waals surface area contributed by atoms with Crippen molar-refractivity contribution >= 4 is 23.2 Å². The van der Waals surface area contributed by atoms with Gasteiger partial charge in [0.2, 0.25) is 5.91 Å². The van der Waals surface area contributed by atoms with Crippen LogP contribution in [-0.2, 0) is 17.8 Å². The Bertz CT molecular complexity index is 837. The van der Waals surface area contributed by atoms with Gasteiger partial charge in [0, 0.05) is 51.0 Å². The lowest BCUT2D eigenvalue weighted by Gasteiger charge is -2.31. The number of likely N-dealkylation sites (tertiary alicyclic amines) is 1. The average molecular weight is 402 g/mol. The van der Waals surface area contributed by atoms with Crippen molar-refractivity contribution in [2.75, 3.05) is 26.2 Å². The maximum absolute atomic E-state index is 12.6. The van der Waals surface area contributed by atoms with Gasteiger partial charge in [0.15, 0.2) is 0 Å². The zero-order valence-corrected chi connectivity index (χ0v) is 17.3. The number of fused-ring (bicyclic) bond motifs is 1. The quantitative estimate of drug-likeness (QED) is 0.792. The molecular weight excluding hydrogens is 374 g/mol. The lowest BCUT2D eigenvalue weighted by Crippen LogP contribution is -2.38. The predicted molar refractivity (Wildman–Crippen MR) is 107 cm³/mol. The molecule has 4 heterocycles. The van der Waals surface area contributed by atoms with Gasteiger partial charge in [-0.1, -0.05) is 19.9 Å². The third-order valence-electron chi connectivity index (χ3n) is 5.74. The Kier molecular flexibility index (Phi) is 5.48. The van der Waals surface area contributed by atoms with Crippen LogP contribution in [0.15, 0.2) is 17.5 Å². The first-order chi connectivity index (χ1) is 13.5. The molecule has 1 saturated heterocycles. The summed E-state index contributed by atoms with van der Waals surface area (Å²) in [5.74, 6) is 2.69. The van der Waals surface area contributed by atoms with E-state index in [0.29, 0.717) is 19.0 Å². The average Bonchev–Trinajstić information content (AvgIpc) is 3.33. The first-order valence-corrected chi connectivity index (χ1v) is 11.0. The SMILES string of the molecule is CC(C)C(=O)N1CCc2nnc(C3CCN(C(=O)c4cccs4)CC3)n2CC1. The zero-order chi connectivity index (χ0) is 19.7. The van der Waals surface area contributed by atoms with Crippen LogP contribution in [0.3, 0.4) is 0 Å². The summed E-state index contributed by atoms with van der Waals surface area (Å²) in [5.41, 5.74) is 0. The number of hydrogen-bond acceptors (Lipinski definition) is 5. The topological polar surface area (TPSA) is 71.3 Å². The van der Waals surface area contributed by atoms with Crippen LogP contribution in [0.25, 0.3) is 0 Å². The largest absolute Gasteiger partial charge is 0.340 e. The molecule has 8 heteroatoms. The van der Waals surface area contributed by atoms with E-state index in [9.17, 15) is 9.59 Å². The number of rotatable bonds is 3. The van der Waals surface area contributed by atoms with Crippen molar-refractivity contribution in [2.24, 2.45) is 5.92 Å². The second-order valence-electron chi connectivity index (χ2n) is 7.90. The number of thiophene rings is 1. The lowest BCUT2D eigenvalue weighted by atomic mass is 9.95. The van der Waals surface area contributed by atoms with E-state index in [1.165, 1.54) is 11.3 Å². The van der Waals surface area contributed by atoms with E-state index in [0.717, 1.165) is 55.4 Å². The van der Waals surface area contributed by atoms with Crippen molar-refractivity contribution < 1.29 is 9.59 Å². The van der Waals surface area contributed by atoms with Crippen LogP contribution in [-0.4, -0.2) is 62.6 Å². The van der Waals surface area contributed by atoms with Crippen molar-refractivity contribution in [2.45, 2.75) is 45.6 Å². The number of hydrogen-bond donors (Lipinski definition) is 0. The Morgan fingerprint density at radius 2 is 1.86 bits per heavy atom. The Morgan fingerprint density at radius 1 is 1.07 bits per heavy atom. The molecule has 7 nitrogen and oxygen atoms in total. The highest BCUT2D eigenvalue weighted by Crippen LogP contribution is 2.29. The Morgan fingerprint density at radius 3 is 2.54 bits per heavy atom. The molecule has 2 amide bonds. The fourth-order valence-corrected chi connectivity index (χ4v) is 4.82. The van der Waals surface area contributed by atoms with Crippen LogP contribution >= 0.6 is 11.3 Å². The van der Waals surface area contributed by atoms with Crippen molar-refractivity contribution in [1.82, 2.24) is 24.6 Å². The summed E-state index contributed by atoms with van der Waals surface area (Å²) >= 11 is 1.50. The minimum Gasteiger partial charge on any atom is -0.340 e. The molecule has 28 heavy (non-hydrogen) atoms. The fourth-order valence-electron chi connectivity index (χ4n) is 4.13. The molecule has 0 saturated carbocycles. The Balaban J connectivity index is 1.41. The Hall–Kier alpha value is -2.22. The van der Waals surface area contributed by atoms with Gasteiger partial charge < -0.3 is 14.4 Å². The van der Waals surface area contributed by atoms with Crippen LogP contribution in [0, 0.1) is 5.92 Å². The van der Waals surface area contributed by atoms with Gasteiger partial charge in [-0.2, -0.15) is 0 Å². The molecule has 0 N–H and O–H groups in total. The highest BCUT2D eigenvalue weighted by Gasteiger charge is 2.30. The molecule has 0 unspecified atom stereocenters. The molecule has 4 rings (SSSR count). The molecule has 0 bridgehead atoms. The fraction of sp³-hybridized carbons (Fsp3) is 0.600. The summed E-state index contributed by atoms with van der Waals surface area (Å²) < 4.78 is 2.22. The monoisotopic (exact) mass is 401 g/mol. The number of carbonyl (C=O) groups is 2. The van der Waals surface area contributed by atoms with Gasteiger partial charge >= 0.3 is 0 Å². The molecule has 2 aromatic rings. The maximum atomic E-state index is 12.6. The minimum atomic E-state index is 0.0215. The molecule has 2 aliphatic rings. The summed E-state index contributed by atoms with van der Waals surface area (Å²) in [4.78, 5) is 29.6. The molecule has 0 aromatic carbocycles. The predicted octanol–water partition coefficient (Wildman–Crippen LogP) is 2.40. The highest BCUT2D eigenvalue weighted by atomic mass is 32.1. The van der Waals surface area contributed by atoms with Gasteiger partial charge in [-0.05, 0) is 24.3 Å². The molecule has 0 spiro atoms. The van der Waals surface area contributed by atoms with Crippen LogP contribution in [0.4, 0.5) is 0 Å². The van der Waals surface area contributed by atoms with E-state index in [1.807, 2.05) is 41.2 Å². The molecule has 150 valence electrons. The van der Waals surface area contributed by atoms with E-state index in [1.54, 1.807) is 0 Å². The van der Waals surface area contributed by atoms with Crippen LogP contribution < -0.4 is 0 Å². The van der Waals surface area contributed by atoms with Crippen LogP contribution in [0.1, 0.15) is 53.9 Å². The lowest BCUT2D eigenvalue weighted by molar-refractivity contribution is -0.134. The normalized spacial score (nSPS) is 18.2. The van der Waals surface area contributed by atoms with Crippen molar-refractivity contribution in [1.29, 1.82) is 0 Å². The first kappa shape index (κ1) is 19.1. The molecule has 0 atom stereocenters. The molecule has 1 fully saturated rings.